The number of urea groups is 1. The first-order valence-electron chi connectivity index (χ1n) is 9.77. The highest BCUT2D eigenvalue weighted by Gasteiger charge is 2.51. The van der Waals surface area contributed by atoms with Crippen LogP contribution in [0.2, 0.25) is 0 Å². The number of nitrogens with zero attached hydrogens (tertiary/aromatic N) is 1. The van der Waals surface area contributed by atoms with E-state index in [4.69, 9.17) is 0 Å². The van der Waals surface area contributed by atoms with Gasteiger partial charge in [0.1, 0.15) is 0 Å². The summed E-state index contributed by atoms with van der Waals surface area (Å²) in [5.41, 5.74) is 2.82. The van der Waals surface area contributed by atoms with E-state index in [0.29, 0.717) is 5.41 Å². The van der Waals surface area contributed by atoms with E-state index in [1.807, 2.05) is 11.0 Å². The molecule has 0 radical (unpaired) electrons. The molecule has 1 atom stereocenters. The molecule has 4 bridgehead atoms. The summed E-state index contributed by atoms with van der Waals surface area (Å²) in [7, 11) is 0. The first-order valence-corrected chi connectivity index (χ1v) is 9.77. The fourth-order valence-electron chi connectivity index (χ4n) is 6.73. The van der Waals surface area contributed by atoms with Crippen molar-refractivity contribution in [2.24, 2.45) is 23.2 Å². The molecule has 1 N–H and O–H groups in total. The highest BCUT2D eigenvalue weighted by atomic mass is 16.2. The van der Waals surface area contributed by atoms with Gasteiger partial charge in [-0.1, -0.05) is 18.2 Å². The van der Waals surface area contributed by atoms with Crippen molar-refractivity contribution < 1.29 is 4.79 Å². The lowest BCUT2D eigenvalue weighted by Gasteiger charge is -2.57. The molecule has 0 aromatic heterocycles. The SMILES string of the molecule is CC1Cc2ccccc2N1C(=O)NCC12CC3CC(CC(C3)C1)C2. The Kier molecular flexibility index (Phi) is 3.23. The third-order valence-corrected chi connectivity index (χ3v) is 7.21. The number of carbonyl (C=O) groups is 1. The van der Waals surface area contributed by atoms with Gasteiger partial charge < -0.3 is 5.32 Å². The molecule has 6 rings (SSSR count). The minimum Gasteiger partial charge on any atom is -0.337 e. The number of nitrogens with one attached hydrogen (secondary N) is 1. The molecule has 3 heteroatoms. The maximum Gasteiger partial charge on any atom is 0.322 e. The summed E-state index contributed by atoms with van der Waals surface area (Å²) in [5.74, 6) is 2.83. The van der Waals surface area contributed by atoms with Crippen LogP contribution in [0.15, 0.2) is 24.3 Å². The van der Waals surface area contributed by atoms with Gasteiger partial charge in [-0.25, -0.2) is 4.79 Å². The molecule has 1 aliphatic heterocycles. The van der Waals surface area contributed by atoms with Gasteiger partial charge in [-0.05, 0) is 86.7 Å². The topological polar surface area (TPSA) is 32.3 Å². The fourth-order valence-corrected chi connectivity index (χ4v) is 6.73. The molecular weight excluding hydrogens is 296 g/mol. The van der Waals surface area contributed by atoms with Crippen molar-refractivity contribution in [2.75, 3.05) is 11.4 Å². The number of rotatable bonds is 2. The van der Waals surface area contributed by atoms with E-state index in [9.17, 15) is 4.79 Å². The van der Waals surface area contributed by atoms with E-state index in [1.165, 1.54) is 44.1 Å². The number of hydrogen-bond donors (Lipinski definition) is 1. The van der Waals surface area contributed by atoms with Crippen LogP contribution in [0.5, 0.6) is 0 Å². The Morgan fingerprint density at radius 3 is 2.42 bits per heavy atom. The van der Waals surface area contributed by atoms with E-state index in [1.54, 1.807) is 0 Å². The third-order valence-electron chi connectivity index (χ3n) is 7.21. The van der Waals surface area contributed by atoms with Gasteiger partial charge in [0.05, 0.1) is 0 Å². The molecule has 128 valence electrons. The first kappa shape index (κ1) is 14.8. The number of para-hydroxylation sites is 1. The number of fused-ring (bicyclic) bond motifs is 1. The van der Waals surface area contributed by atoms with E-state index in [-0.39, 0.29) is 12.1 Å². The molecule has 1 aromatic rings. The summed E-state index contributed by atoms with van der Waals surface area (Å²) in [6.45, 7) is 3.05. The molecule has 1 unspecified atom stereocenters. The summed E-state index contributed by atoms with van der Waals surface area (Å²) in [4.78, 5) is 14.9. The highest BCUT2D eigenvalue weighted by Crippen LogP contribution is 2.59. The summed E-state index contributed by atoms with van der Waals surface area (Å²) < 4.78 is 0. The lowest BCUT2D eigenvalue weighted by molar-refractivity contribution is -0.0497. The molecule has 0 spiro atoms. The average Bonchev–Trinajstić information content (AvgIpc) is 2.87. The monoisotopic (exact) mass is 324 g/mol. The van der Waals surface area contributed by atoms with Crippen molar-refractivity contribution in [1.29, 1.82) is 0 Å². The first-order chi connectivity index (χ1) is 11.6. The van der Waals surface area contributed by atoms with Gasteiger partial charge in [0, 0.05) is 18.3 Å². The number of benzene rings is 1. The van der Waals surface area contributed by atoms with Crippen LogP contribution in [0.1, 0.15) is 51.0 Å². The van der Waals surface area contributed by atoms with E-state index >= 15 is 0 Å². The Morgan fingerprint density at radius 1 is 1.12 bits per heavy atom. The third kappa shape index (κ3) is 2.28. The highest BCUT2D eigenvalue weighted by molar-refractivity contribution is 5.94. The van der Waals surface area contributed by atoms with Crippen LogP contribution in [0.4, 0.5) is 10.5 Å². The fraction of sp³-hybridized carbons (Fsp3) is 0.667. The summed E-state index contributed by atoms with van der Waals surface area (Å²) in [6, 6.07) is 8.72. The zero-order valence-electron chi connectivity index (χ0n) is 14.6. The molecule has 4 aliphatic carbocycles. The molecule has 4 saturated carbocycles. The summed E-state index contributed by atoms with van der Waals surface area (Å²) in [6.07, 6.45) is 9.42. The molecule has 24 heavy (non-hydrogen) atoms. The smallest absolute Gasteiger partial charge is 0.322 e. The second-order valence-corrected chi connectivity index (χ2v) is 9.13. The van der Waals surface area contributed by atoms with Crippen molar-refractivity contribution in [1.82, 2.24) is 5.32 Å². The van der Waals surface area contributed by atoms with Crippen LogP contribution < -0.4 is 10.2 Å². The van der Waals surface area contributed by atoms with Gasteiger partial charge in [0.2, 0.25) is 0 Å². The predicted molar refractivity (Wildman–Crippen MR) is 96.1 cm³/mol. The zero-order valence-corrected chi connectivity index (χ0v) is 14.6. The molecule has 5 aliphatic rings. The van der Waals surface area contributed by atoms with Gasteiger partial charge in [-0.15, -0.1) is 0 Å². The molecule has 1 heterocycles. The van der Waals surface area contributed by atoms with Crippen LogP contribution in [-0.4, -0.2) is 18.6 Å². The van der Waals surface area contributed by atoms with Gasteiger partial charge in [0.15, 0.2) is 0 Å². The Hall–Kier alpha value is -1.51. The van der Waals surface area contributed by atoms with Gasteiger partial charge in [-0.3, -0.25) is 4.90 Å². The summed E-state index contributed by atoms with van der Waals surface area (Å²) >= 11 is 0. The van der Waals surface area contributed by atoms with E-state index in [0.717, 1.165) is 36.4 Å². The minimum absolute atomic E-state index is 0.114. The minimum atomic E-state index is 0.114. The van der Waals surface area contributed by atoms with Gasteiger partial charge in [0.25, 0.3) is 0 Å². The Morgan fingerprint density at radius 2 is 1.75 bits per heavy atom. The van der Waals surface area contributed by atoms with Crippen LogP contribution in [0, 0.1) is 23.2 Å². The van der Waals surface area contributed by atoms with Crippen molar-refractivity contribution in [2.45, 2.75) is 57.9 Å². The largest absolute Gasteiger partial charge is 0.337 e. The summed E-state index contributed by atoms with van der Waals surface area (Å²) in [5, 5.41) is 3.34. The number of carbonyl (C=O) groups excluding carboxylic acids is 1. The van der Waals surface area contributed by atoms with Gasteiger partial charge >= 0.3 is 6.03 Å². The number of hydrogen-bond acceptors (Lipinski definition) is 1. The maximum absolute atomic E-state index is 12.9. The second-order valence-electron chi connectivity index (χ2n) is 9.13. The lowest BCUT2D eigenvalue weighted by Crippen LogP contribution is -2.53. The molecule has 1 aromatic carbocycles. The van der Waals surface area contributed by atoms with Crippen molar-refractivity contribution >= 4 is 11.7 Å². The van der Waals surface area contributed by atoms with E-state index in [2.05, 4.69) is 30.4 Å². The van der Waals surface area contributed by atoms with E-state index < -0.39 is 0 Å². The molecule has 2 amide bonds. The van der Waals surface area contributed by atoms with Crippen molar-refractivity contribution in [3.05, 3.63) is 29.8 Å². The lowest BCUT2D eigenvalue weighted by atomic mass is 9.49. The maximum atomic E-state index is 12.9. The van der Waals surface area contributed by atoms with Crippen molar-refractivity contribution in [3.63, 3.8) is 0 Å². The van der Waals surface area contributed by atoms with Crippen LogP contribution in [-0.2, 0) is 6.42 Å². The zero-order chi connectivity index (χ0) is 16.3. The number of anilines is 1. The van der Waals surface area contributed by atoms with Crippen molar-refractivity contribution in [3.8, 4) is 0 Å². The second kappa shape index (κ2) is 5.24. The normalized spacial score (nSPS) is 39.1. The van der Waals surface area contributed by atoms with Gasteiger partial charge in [-0.2, -0.15) is 0 Å². The Labute approximate surface area is 144 Å². The Bertz CT molecular complexity index is 632. The van der Waals surface area contributed by atoms with Crippen LogP contribution in [0.3, 0.4) is 0 Å². The molecule has 3 nitrogen and oxygen atoms in total. The average molecular weight is 324 g/mol. The van der Waals surface area contributed by atoms with Crippen LogP contribution >= 0.6 is 0 Å². The quantitative estimate of drug-likeness (QED) is 0.861. The predicted octanol–water partition coefficient (Wildman–Crippen LogP) is 4.36. The van der Waals surface area contributed by atoms with Crippen LogP contribution in [0.25, 0.3) is 0 Å². The Balaban J connectivity index is 1.30. The standard InChI is InChI=1S/C21H28N2O/c1-14-6-18-4-2-3-5-19(18)23(14)20(24)22-13-21-10-15-7-16(11-21)9-17(8-15)12-21/h2-5,14-17H,6-13H2,1H3,(H,22,24). The molecule has 0 saturated heterocycles. The molecular formula is C21H28N2O. The molecule has 4 fully saturated rings. The number of amides is 2.